The Labute approximate surface area is 184 Å². The van der Waals surface area contributed by atoms with Crippen LogP contribution in [0.2, 0.25) is 10.0 Å². The van der Waals surface area contributed by atoms with E-state index < -0.39 is 10.0 Å². The monoisotopic (exact) mass is 463 g/mol. The van der Waals surface area contributed by atoms with Crippen LogP contribution < -0.4 is 9.62 Å². The van der Waals surface area contributed by atoms with Gasteiger partial charge in [-0.05, 0) is 69.4 Å². The lowest BCUT2D eigenvalue weighted by Crippen LogP contribution is -2.35. The van der Waals surface area contributed by atoms with E-state index in [2.05, 4.69) is 17.1 Å². The molecule has 0 aliphatic carbocycles. The number of piperidine rings is 1. The molecule has 0 bridgehead atoms. The van der Waals surface area contributed by atoms with Crippen molar-refractivity contribution in [2.75, 3.05) is 43.3 Å². The number of nitrogens with one attached hydrogen (secondary N) is 1. The van der Waals surface area contributed by atoms with Crippen molar-refractivity contribution in [3.8, 4) is 0 Å². The number of rotatable bonds is 10. The Bertz CT molecular complexity index is 781. The van der Waals surface area contributed by atoms with Crippen LogP contribution in [0.25, 0.3) is 0 Å². The maximum absolute atomic E-state index is 12.2. The van der Waals surface area contributed by atoms with E-state index in [1.807, 2.05) is 0 Å². The molecule has 1 heterocycles. The zero-order valence-corrected chi connectivity index (χ0v) is 19.5. The molecule has 1 amide bonds. The van der Waals surface area contributed by atoms with Crippen LogP contribution in [0.1, 0.15) is 39.0 Å². The van der Waals surface area contributed by atoms with Crippen molar-refractivity contribution in [3.05, 3.63) is 28.2 Å². The molecule has 9 heteroatoms. The van der Waals surface area contributed by atoms with Gasteiger partial charge in [0, 0.05) is 24.5 Å². The van der Waals surface area contributed by atoms with Crippen LogP contribution in [-0.2, 0) is 14.8 Å². The Morgan fingerprint density at radius 1 is 1.24 bits per heavy atom. The predicted molar refractivity (Wildman–Crippen MR) is 120 cm³/mol. The number of amides is 1. The van der Waals surface area contributed by atoms with Gasteiger partial charge >= 0.3 is 0 Å². The SMILES string of the molecule is CC1CCN(CCCNC(=O)CCCN(c2cc(Cl)ccc2Cl)S(C)(=O)=O)CC1. The Kier molecular flexibility index (Phi) is 9.53. The van der Waals surface area contributed by atoms with Crippen molar-refractivity contribution in [2.45, 2.75) is 39.0 Å². The van der Waals surface area contributed by atoms with E-state index in [9.17, 15) is 13.2 Å². The van der Waals surface area contributed by atoms with Gasteiger partial charge in [0.25, 0.3) is 0 Å². The fourth-order valence-electron chi connectivity index (χ4n) is 3.43. The number of hydrogen-bond acceptors (Lipinski definition) is 4. The maximum atomic E-state index is 12.2. The first kappa shape index (κ1) is 24.3. The zero-order valence-electron chi connectivity index (χ0n) is 17.2. The van der Waals surface area contributed by atoms with Crippen molar-refractivity contribution in [2.24, 2.45) is 5.92 Å². The second kappa shape index (κ2) is 11.4. The Morgan fingerprint density at radius 3 is 2.59 bits per heavy atom. The van der Waals surface area contributed by atoms with Crippen LogP contribution >= 0.6 is 23.2 Å². The lowest BCUT2D eigenvalue weighted by Gasteiger charge is -2.30. The van der Waals surface area contributed by atoms with E-state index in [-0.39, 0.29) is 18.9 Å². The highest BCUT2D eigenvalue weighted by Crippen LogP contribution is 2.30. The number of hydrogen-bond donors (Lipinski definition) is 1. The third kappa shape index (κ3) is 8.32. The molecule has 0 radical (unpaired) electrons. The molecule has 6 nitrogen and oxygen atoms in total. The van der Waals surface area contributed by atoms with Gasteiger partial charge in [0.1, 0.15) is 0 Å². The molecule has 1 N–H and O–H groups in total. The minimum atomic E-state index is -3.54. The number of sulfonamides is 1. The third-order valence-electron chi connectivity index (χ3n) is 5.19. The van der Waals surface area contributed by atoms with Gasteiger partial charge in [-0.1, -0.05) is 30.1 Å². The first-order valence-electron chi connectivity index (χ1n) is 10.1. The summed E-state index contributed by atoms with van der Waals surface area (Å²) in [4.78, 5) is 14.5. The first-order valence-corrected chi connectivity index (χ1v) is 12.7. The van der Waals surface area contributed by atoms with Gasteiger partial charge < -0.3 is 10.2 Å². The molecule has 29 heavy (non-hydrogen) atoms. The highest BCUT2D eigenvalue weighted by molar-refractivity contribution is 7.92. The zero-order chi connectivity index (χ0) is 21.4. The number of anilines is 1. The van der Waals surface area contributed by atoms with Crippen LogP contribution in [0.15, 0.2) is 18.2 Å². The van der Waals surface area contributed by atoms with E-state index >= 15 is 0 Å². The Hall–Kier alpha value is -1.02. The van der Waals surface area contributed by atoms with Crippen molar-refractivity contribution < 1.29 is 13.2 Å². The van der Waals surface area contributed by atoms with Crippen molar-refractivity contribution in [1.82, 2.24) is 10.2 Å². The summed E-state index contributed by atoms with van der Waals surface area (Å²) in [6.45, 7) is 6.38. The summed E-state index contributed by atoms with van der Waals surface area (Å²) in [7, 11) is -3.54. The van der Waals surface area contributed by atoms with Gasteiger partial charge in [-0.3, -0.25) is 9.10 Å². The van der Waals surface area contributed by atoms with E-state index in [0.29, 0.717) is 28.7 Å². The quantitative estimate of drug-likeness (QED) is 0.535. The van der Waals surface area contributed by atoms with Gasteiger partial charge in [-0.15, -0.1) is 0 Å². The van der Waals surface area contributed by atoms with Gasteiger partial charge in [0.2, 0.25) is 15.9 Å². The standard InChI is InChI=1S/C20H31Cl2N3O3S/c1-16-8-13-24(14-9-16)11-4-10-23-20(26)5-3-12-25(29(2,27)28)19-15-17(21)6-7-18(19)22/h6-7,15-16H,3-5,8-14H2,1-2H3,(H,23,26). The summed E-state index contributed by atoms with van der Waals surface area (Å²) >= 11 is 12.1. The maximum Gasteiger partial charge on any atom is 0.232 e. The van der Waals surface area contributed by atoms with Crippen LogP contribution in [0, 0.1) is 5.92 Å². The molecule has 1 aliphatic heterocycles. The normalized spacial score (nSPS) is 16.0. The number of carbonyl (C=O) groups excluding carboxylic acids is 1. The summed E-state index contributed by atoms with van der Waals surface area (Å²) in [5, 5.41) is 3.63. The van der Waals surface area contributed by atoms with Gasteiger partial charge in [-0.2, -0.15) is 0 Å². The number of carbonyl (C=O) groups is 1. The molecular weight excluding hydrogens is 433 g/mol. The number of halogens is 2. The van der Waals surface area contributed by atoms with Crippen molar-refractivity contribution in [1.29, 1.82) is 0 Å². The third-order valence-corrected chi connectivity index (χ3v) is 6.93. The number of likely N-dealkylation sites (tertiary alicyclic amines) is 1. The molecule has 0 atom stereocenters. The molecule has 1 aromatic rings. The molecule has 1 fully saturated rings. The molecule has 0 aromatic heterocycles. The summed E-state index contributed by atoms with van der Waals surface area (Å²) in [5.41, 5.74) is 0.331. The summed E-state index contributed by atoms with van der Waals surface area (Å²) < 4.78 is 25.5. The van der Waals surface area contributed by atoms with Gasteiger partial charge in [0.05, 0.1) is 17.0 Å². The lowest BCUT2D eigenvalue weighted by molar-refractivity contribution is -0.121. The predicted octanol–water partition coefficient (Wildman–Crippen LogP) is 3.78. The highest BCUT2D eigenvalue weighted by atomic mass is 35.5. The van der Waals surface area contributed by atoms with Gasteiger partial charge in [0.15, 0.2) is 0 Å². The van der Waals surface area contributed by atoms with Crippen molar-refractivity contribution >= 4 is 44.8 Å². The fourth-order valence-corrected chi connectivity index (χ4v) is 4.83. The molecule has 1 aromatic carbocycles. The minimum Gasteiger partial charge on any atom is -0.356 e. The van der Waals surface area contributed by atoms with Crippen LogP contribution in [0.5, 0.6) is 0 Å². The second-order valence-electron chi connectivity index (χ2n) is 7.76. The van der Waals surface area contributed by atoms with Gasteiger partial charge in [-0.25, -0.2) is 8.42 Å². The Balaban J connectivity index is 1.73. The second-order valence-corrected chi connectivity index (χ2v) is 10.5. The summed E-state index contributed by atoms with van der Waals surface area (Å²) in [5.74, 6) is 0.752. The molecule has 164 valence electrons. The first-order chi connectivity index (χ1) is 13.7. The van der Waals surface area contributed by atoms with Crippen LogP contribution in [-0.4, -0.2) is 58.2 Å². The minimum absolute atomic E-state index is 0.0668. The largest absolute Gasteiger partial charge is 0.356 e. The van der Waals surface area contributed by atoms with E-state index in [1.165, 1.54) is 23.2 Å². The van der Waals surface area contributed by atoms with E-state index in [4.69, 9.17) is 23.2 Å². The molecule has 0 saturated carbocycles. The van der Waals surface area contributed by atoms with E-state index in [1.54, 1.807) is 12.1 Å². The Morgan fingerprint density at radius 2 is 1.93 bits per heavy atom. The highest BCUT2D eigenvalue weighted by Gasteiger charge is 2.20. The molecule has 0 unspecified atom stereocenters. The lowest BCUT2D eigenvalue weighted by atomic mass is 9.99. The smallest absolute Gasteiger partial charge is 0.232 e. The van der Waals surface area contributed by atoms with Crippen molar-refractivity contribution in [3.63, 3.8) is 0 Å². The van der Waals surface area contributed by atoms with Crippen LogP contribution in [0.4, 0.5) is 5.69 Å². The number of benzene rings is 1. The fraction of sp³-hybridized carbons (Fsp3) is 0.650. The molecule has 1 saturated heterocycles. The average Bonchev–Trinajstić information content (AvgIpc) is 2.65. The average molecular weight is 464 g/mol. The van der Waals surface area contributed by atoms with Crippen LogP contribution in [0.3, 0.4) is 0 Å². The topological polar surface area (TPSA) is 69.7 Å². The molecule has 0 spiro atoms. The summed E-state index contributed by atoms with van der Waals surface area (Å²) in [6, 6.07) is 4.69. The molecule has 2 rings (SSSR count). The number of nitrogens with zero attached hydrogens (tertiary/aromatic N) is 2. The van der Waals surface area contributed by atoms with E-state index in [0.717, 1.165) is 38.2 Å². The molecular formula is C20H31Cl2N3O3S. The summed E-state index contributed by atoms with van der Waals surface area (Å²) in [6.07, 6.45) is 5.19. The molecule has 1 aliphatic rings.